The summed E-state index contributed by atoms with van der Waals surface area (Å²) in [5.74, 6) is -0.394. The third-order valence-corrected chi connectivity index (χ3v) is 5.25. The summed E-state index contributed by atoms with van der Waals surface area (Å²) in [6.07, 6.45) is 4.69. The van der Waals surface area contributed by atoms with E-state index < -0.39 is 0 Å². The number of imide groups is 1. The Labute approximate surface area is 134 Å². The summed E-state index contributed by atoms with van der Waals surface area (Å²) >= 11 is 12.4. The smallest absolute Gasteiger partial charge is 0.230 e. The summed E-state index contributed by atoms with van der Waals surface area (Å²) in [7, 11) is 0. The molecule has 0 radical (unpaired) electrons. The average molecular weight is 326 g/mol. The lowest BCUT2D eigenvalue weighted by Gasteiger charge is -2.34. The highest BCUT2D eigenvalue weighted by molar-refractivity contribution is 6.33. The molecular weight excluding hydrogens is 309 g/mol. The molecule has 112 valence electrons. The van der Waals surface area contributed by atoms with Crippen molar-refractivity contribution >= 4 is 35.0 Å². The van der Waals surface area contributed by atoms with Crippen LogP contribution >= 0.6 is 23.2 Å². The number of benzene rings is 1. The normalized spacial score (nSPS) is 27.0. The van der Waals surface area contributed by atoms with Crippen LogP contribution in [0.3, 0.4) is 0 Å². The van der Waals surface area contributed by atoms with E-state index in [-0.39, 0.29) is 23.7 Å². The van der Waals surface area contributed by atoms with Crippen LogP contribution in [0.25, 0.3) is 0 Å². The molecule has 1 saturated heterocycles. The minimum absolute atomic E-state index is 0.154. The molecule has 2 atom stereocenters. The summed E-state index contributed by atoms with van der Waals surface area (Å²) in [4.78, 5) is 24.2. The highest BCUT2D eigenvalue weighted by atomic mass is 35.5. The number of amides is 2. The minimum Gasteiger partial charge on any atom is -0.296 e. The first-order valence-electron chi connectivity index (χ1n) is 7.35. The van der Waals surface area contributed by atoms with E-state index in [1.807, 2.05) is 0 Å². The van der Waals surface area contributed by atoms with E-state index in [9.17, 15) is 9.59 Å². The molecule has 21 heavy (non-hydrogen) atoms. The van der Waals surface area contributed by atoms with Gasteiger partial charge in [-0.05, 0) is 42.5 Å². The van der Waals surface area contributed by atoms with Crippen LogP contribution in [0.15, 0.2) is 18.2 Å². The molecular formula is C16H17Cl2NO2. The molecule has 0 aromatic heterocycles. The number of rotatable bonds is 2. The summed E-state index contributed by atoms with van der Waals surface area (Å²) in [6.45, 7) is 0. The van der Waals surface area contributed by atoms with Crippen LogP contribution in [0, 0.1) is 11.8 Å². The van der Waals surface area contributed by atoms with Crippen molar-refractivity contribution in [3.05, 3.63) is 33.8 Å². The molecule has 3 rings (SSSR count). The van der Waals surface area contributed by atoms with Gasteiger partial charge in [0.1, 0.15) is 0 Å². The molecule has 3 nitrogen and oxygen atoms in total. The minimum atomic E-state index is -0.227. The first-order chi connectivity index (χ1) is 10.1. The molecule has 1 N–H and O–H groups in total. The third-order valence-electron chi connectivity index (χ3n) is 4.67. The fraction of sp³-hybridized carbons (Fsp3) is 0.500. The number of halogens is 2. The topological polar surface area (TPSA) is 46.2 Å². The van der Waals surface area contributed by atoms with Gasteiger partial charge >= 0.3 is 0 Å². The lowest BCUT2D eigenvalue weighted by molar-refractivity contribution is -0.138. The zero-order valence-corrected chi connectivity index (χ0v) is 13.1. The Kier molecular flexibility index (Phi) is 4.23. The van der Waals surface area contributed by atoms with Gasteiger partial charge in [0.2, 0.25) is 11.8 Å². The van der Waals surface area contributed by atoms with Crippen molar-refractivity contribution in [2.75, 3.05) is 0 Å². The number of carbonyl (C=O) groups excluding carboxylic acids is 2. The molecule has 1 aromatic rings. The van der Waals surface area contributed by atoms with Crippen molar-refractivity contribution in [1.29, 1.82) is 0 Å². The lowest BCUT2D eigenvalue weighted by Crippen LogP contribution is -2.47. The molecule has 1 aliphatic carbocycles. The number of carbonyl (C=O) groups is 2. The van der Waals surface area contributed by atoms with Gasteiger partial charge in [-0.25, -0.2) is 0 Å². The average Bonchev–Trinajstić information content (AvgIpc) is 2.94. The molecule has 1 aromatic carbocycles. The molecule has 0 bridgehead atoms. The van der Waals surface area contributed by atoms with Gasteiger partial charge in [0.05, 0.1) is 0 Å². The summed E-state index contributed by atoms with van der Waals surface area (Å²) in [5, 5.41) is 3.65. The number of hydrogen-bond donors (Lipinski definition) is 1. The van der Waals surface area contributed by atoms with Crippen LogP contribution in [0.4, 0.5) is 0 Å². The van der Waals surface area contributed by atoms with Crippen LogP contribution in [-0.4, -0.2) is 11.8 Å². The van der Waals surface area contributed by atoms with E-state index >= 15 is 0 Å². The zero-order valence-electron chi connectivity index (χ0n) is 11.6. The maximum atomic E-state index is 12.4. The van der Waals surface area contributed by atoms with Crippen LogP contribution in [0.2, 0.25) is 10.0 Å². The fourth-order valence-electron chi connectivity index (χ4n) is 3.74. The Morgan fingerprint density at radius 2 is 1.81 bits per heavy atom. The number of piperidine rings is 1. The molecule has 0 spiro atoms. The Balaban J connectivity index is 2.00. The Bertz CT molecular complexity index is 582. The lowest BCUT2D eigenvalue weighted by atomic mass is 9.73. The van der Waals surface area contributed by atoms with E-state index in [2.05, 4.69) is 5.32 Å². The van der Waals surface area contributed by atoms with Crippen molar-refractivity contribution in [3.63, 3.8) is 0 Å². The van der Waals surface area contributed by atoms with Crippen LogP contribution < -0.4 is 5.32 Å². The van der Waals surface area contributed by atoms with Crippen molar-refractivity contribution < 1.29 is 9.59 Å². The van der Waals surface area contributed by atoms with Crippen LogP contribution in [-0.2, 0) is 9.59 Å². The summed E-state index contributed by atoms with van der Waals surface area (Å²) in [5.41, 5.74) is 0.823. The van der Waals surface area contributed by atoms with E-state index in [0.717, 1.165) is 31.2 Å². The number of hydrogen-bond acceptors (Lipinski definition) is 2. The first-order valence-corrected chi connectivity index (χ1v) is 8.10. The van der Waals surface area contributed by atoms with Crippen LogP contribution in [0.1, 0.15) is 43.6 Å². The zero-order chi connectivity index (χ0) is 15.0. The van der Waals surface area contributed by atoms with Crippen molar-refractivity contribution in [1.82, 2.24) is 5.32 Å². The quantitative estimate of drug-likeness (QED) is 0.837. The maximum Gasteiger partial charge on any atom is 0.230 e. The Morgan fingerprint density at radius 3 is 2.52 bits per heavy atom. The first kappa shape index (κ1) is 14.9. The highest BCUT2D eigenvalue weighted by Crippen LogP contribution is 2.44. The van der Waals surface area contributed by atoms with E-state index in [1.54, 1.807) is 18.2 Å². The molecule has 2 amide bonds. The van der Waals surface area contributed by atoms with Gasteiger partial charge in [0.15, 0.2) is 0 Å². The standard InChI is InChI=1S/C16H17Cl2NO2/c17-10-5-6-13(18)11(7-10)12-8-14(20)19-16(21)15(12)9-3-1-2-4-9/h5-7,9,12,15H,1-4,8H2,(H,19,20,21). The summed E-state index contributed by atoms with van der Waals surface area (Å²) < 4.78 is 0. The van der Waals surface area contributed by atoms with Gasteiger partial charge in [-0.15, -0.1) is 0 Å². The molecule has 2 unspecified atom stereocenters. The highest BCUT2D eigenvalue weighted by Gasteiger charge is 2.42. The molecule has 1 aliphatic heterocycles. The predicted molar refractivity (Wildman–Crippen MR) is 82.4 cm³/mol. The maximum absolute atomic E-state index is 12.4. The van der Waals surface area contributed by atoms with E-state index in [0.29, 0.717) is 22.4 Å². The third kappa shape index (κ3) is 2.95. The van der Waals surface area contributed by atoms with Gasteiger partial charge < -0.3 is 0 Å². The molecule has 2 fully saturated rings. The molecule has 5 heteroatoms. The SMILES string of the molecule is O=C1CC(c2cc(Cl)ccc2Cl)C(C2CCCC2)C(=O)N1. The molecule has 1 saturated carbocycles. The van der Waals surface area contributed by atoms with E-state index in [4.69, 9.17) is 23.2 Å². The molecule has 2 aliphatic rings. The second-order valence-electron chi connectivity index (χ2n) is 5.96. The predicted octanol–water partition coefficient (Wildman–Crippen LogP) is 3.93. The van der Waals surface area contributed by atoms with Gasteiger partial charge in [0, 0.05) is 28.3 Å². The summed E-state index contributed by atoms with van der Waals surface area (Å²) in [6, 6.07) is 5.26. The van der Waals surface area contributed by atoms with Gasteiger partial charge in [-0.3, -0.25) is 14.9 Å². The second-order valence-corrected chi connectivity index (χ2v) is 6.80. The van der Waals surface area contributed by atoms with Crippen LogP contribution in [0.5, 0.6) is 0 Å². The van der Waals surface area contributed by atoms with Gasteiger partial charge in [-0.1, -0.05) is 36.0 Å². The van der Waals surface area contributed by atoms with Crippen molar-refractivity contribution in [2.45, 2.75) is 38.0 Å². The van der Waals surface area contributed by atoms with Crippen molar-refractivity contribution in [2.24, 2.45) is 11.8 Å². The molecule has 1 heterocycles. The second kappa shape index (κ2) is 5.98. The largest absolute Gasteiger partial charge is 0.296 e. The van der Waals surface area contributed by atoms with Gasteiger partial charge in [-0.2, -0.15) is 0 Å². The van der Waals surface area contributed by atoms with Crippen molar-refractivity contribution in [3.8, 4) is 0 Å². The monoisotopic (exact) mass is 325 g/mol. The Hall–Kier alpha value is -1.06. The van der Waals surface area contributed by atoms with E-state index in [1.165, 1.54) is 0 Å². The Morgan fingerprint density at radius 1 is 1.10 bits per heavy atom. The van der Waals surface area contributed by atoms with Gasteiger partial charge in [0.25, 0.3) is 0 Å². The fourth-order valence-corrected chi connectivity index (χ4v) is 4.18. The number of nitrogens with one attached hydrogen (secondary N) is 1.